The molecular formula is C14H29N5O. The molecule has 0 aromatic carbocycles. The topological polar surface area (TPSA) is 54.3 Å². The average Bonchev–Trinajstić information content (AvgIpc) is 2.84. The Morgan fingerprint density at radius 1 is 1.25 bits per heavy atom. The van der Waals surface area contributed by atoms with Crippen molar-refractivity contribution in [1.82, 2.24) is 20.0 Å². The number of guanidine groups is 1. The Bertz CT molecular complexity index is 336. The lowest BCUT2D eigenvalue weighted by Crippen LogP contribution is -2.51. The van der Waals surface area contributed by atoms with E-state index in [1.807, 2.05) is 0 Å². The molecule has 6 nitrogen and oxygen atoms in total. The third-order valence-electron chi connectivity index (χ3n) is 4.23. The van der Waals surface area contributed by atoms with Gasteiger partial charge in [-0.3, -0.25) is 9.89 Å². The molecule has 0 amide bonds. The molecule has 0 aromatic rings. The maximum atomic E-state index is 9.67. The maximum absolute atomic E-state index is 9.67. The van der Waals surface area contributed by atoms with Gasteiger partial charge in [-0.1, -0.05) is 0 Å². The van der Waals surface area contributed by atoms with Gasteiger partial charge in [0.05, 0.1) is 12.6 Å². The summed E-state index contributed by atoms with van der Waals surface area (Å²) in [5.41, 5.74) is 0. The number of hydrogen-bond acceptors (Lipinski definition) is 4. The fourth-order valence-corrected chi connectivity index (χ4v) is 2.85. The third-order valence-corrected chi connectivity index (χ3v) is 4.23. The first-order valence-corrected chi connectivity index (χ1v) is 7.70. The zero-order valence-electron chi connectivity index (χ0n) is 13.0. The summed E-state index contributed by atoms with van der Waals surface area (Å²) < 4.78 is 0. The minimum absolute atomic E-state index is 0.206. The molecular weight excluding hydrogens is 254 g/mol. The van der Waals surface area contributed by atoms with Gasteiger partial charge in [0.1, 0.15) is 0 Å². The summed E-state index contributed by atoms with van der Waals surface area (Å²) in [5, 5.41) is 13.0. The molecule has 2 heterocycles. The van der Waals surface area contributed by atoms with Crippen LogP contribution < -0.4 is 5.32 Å². The van der Waals surface area contributed by atoms with Crippen LogP contribution in [0.1, 0.15) is 13.3 Å². The Morgan fingerprint density at radius 3 is 2.70 bits per heavy atom. The lowest BCUT2D eigenvalue weighted by molar-refractivity contribution is 0.119. The Hall–Kier alpha value is -0.850. The second kappa shape index (κ2) is 7.24. The Labute approximate surface area is 122 Å². The van der Waals surface area contributed by atoms with Crippen molar-refractivity contribution < 1.29 is 5.11 Å². The average molecular weight is 283 g/mol. The van der Waals surface area contributed by atoms with Crippen molar-refractivity contribution in [3.05, 3.63) is 0 Å². The van der Waals surface area contributed by atoms with Gasteiger partial charge in [-0.25, -0.2) is 0 Å². The van der Waals surface area contributed by atoms with Crippen LogP contribution in [0.25, 0.3) is 0 Å². The van der Waals surface area contributed by atoms with Crippen LogP contribution in [0.3, 0.4) is 0 Å². The van der Waals surface area contributed by atoms with Crippen molar-refractivity contribution in [2.24, 2.45) is 4.99 Å². The minimum atomic E-state index is -0.206. The van der Waals surface area contributed by atoms with E-state index in [1.54, 1.807) is 0 Å². The lowest BCUT2D eigenvalue weighted by Gasteiger charge is -2.37. The SMILES string of the molecule is CCNC(=NCC1CN(C)CCN1C)N1CC[C@@H](O)C1. The maximum Gasteiger partial charge on any atom is 0.194 e. The number of aliphatic hydroxyl groups is 1. The van der Waals surface area contributed by atoms with E-state index in [9.17, 15) is 5.11 Å². The Balaban J connectivity index is 1.94. The first-order valence-electron chi connectivity index (χ1n) is 7.70. The molecule has 2 fully saturated rings. The zero-order chi connectivity index (χ0) is 14.5. The minimum Gasteiger partial charge on any atom is -0.391 e. The molecule has 116 valence electrons. The van der Waals surface area contributed by atoms with Crippen LogP contribution in [-0.4, -0.2) is 97.8 Å². The Morgan fingerprint density at radius 2 is 2.05 bits per heavy atom. The van der Waals surface area contributed by atoms with E-state index in [0.717, 1.165) is 51.6 Å². The molecule has 2 rings (SSSR count). The summed E-state index contributed by atoms with van der Waals surface area (Å²) in [6, 6.07) is 0.481. The summed E-state index contributed by atoms with van der Waals surface area (Å²) in [7, 11) is 4.35. The molecule has 20 heavy (non-hydrogen) atoms. The molecule has 1 unspecified atom stereocenters. The van der Waals surface area contributed by atoms with E-state index in [2.05, 4.69) is 41.0 Å². The molecule has 6 heteroatoms. The molecule has 2 atom stereocenters. The summed E-state index contributed by atoms with van der Waals surface area (Å²) >= 11 is 0. The van der Waals surface area contributed by atoms with Crippen LogP contribution >= 0.6 is 0 Å². The van der Waals surface area contributed by atoms with Gasteiger partial charge < -0.3 is 20.2 Å². The van der Waals surface area contributed by atoms with E-state index in [1.165, 1.54) is 0 Å². The fraction of sp³-hybridized carbons (Fsp3) is 0.929. The van der Waals surface area contributed by atoms with Gasteiger partial charge in [0.25, 0.3) is 0 Å². The molecule has 0 aliphatic carbocycles. The highest BCUT2D eigenvalue weighted by molar-refractivity contribution is 5.80. The monoisotopic (exact) mass is 283 g/mol. The van der Waals surface area contributed by atoms with Crippen LogP contribution in [0.5, 0.6) is 0 Å². The number of aliphatic hydroxyl groups excluding tert-OH is 1. The fourth-order valence-electron chi connectivity index (χ4n) is 2.85. The molecule has 2 aliphatic rings. The number of likely N-dealkylation sites (tertiary alicyclic amines) is 1. The van der Waals surface area contributed by atoms with Crippen LogP contribution in [-0.2, 0) is 0 Å². The van der Waals surface area contributed by atoms with Crippen LogP contribution in [0, 0.1) is 0 Å². The van der Waals surface area contributed by atoms with Crippen molar-refractivity contribution in [2.75, 3.05) is 59.9 Å². The molecule has 0 radical (unpaired) electrons. The van der Waals surface area contributed by atoms with E-state index >= 15 is 0 Å². The molecule has 0 bridgehead atoms. The number of likely N-dealkylation sites (N-methyl/N-ethyl adjacent to an activating group) is 2. The second-order valence-corrected chi connectivity index (χ2v) is 5.98. The molecule has 0 spiro atoms. The third kappa shape index (κ3) is 4.07. The standard InChI is InChI=1S/C14H29N5O/c1-4-15-14(19-6-5-13(20)11-19)16-9-12-10-17(2)7-8-18(12)3/h12-13,20H,4-11H2,1-3H3,(H,15,16)/t12?,13-/m1/s1. The first-order chi connectivity index (χ1) is 9.60. The smallest absolute Gasteiger partial charge is 0.194 e. The quantitative estimate of drug-likeness (QED) is 0.528. The van der Waals surface area contributed by atoms with E-state index < -0.39 is 0 Å². The first kappa shape index (κ1) is 15.5. The van der Waals surface area contributed by atoms with Gasteiger partial charge >= 0.3 is 0 Å². The van der Waals surface area contributed by atoms with E-state index in [4.69, 9.17) is 4.99 Å². The van der Waals surface area contributed by atoms with Crippen molar-refractivity contribution in [3.8, 4) is 0 Å². The van der Waals surface area contributed by atoms with Crippen molar-refractivity contribution in [3.63, 3.8) is 0 Å². The molecule has 0 aromatic heterocycles. The number of aliphatic imine (C=N–C) groups is 1. The number of β-amino-alcohol motifs (C(OH)–C–C–N with tert-alkyl or cyclic N) is 1. The highest BCUT2D eigenvalue weighted by atomic mass is 16.3. The highest BCUT2D eigenvalue weighted by Crippen LogP contribution is 2.10. The Kier molecular flexibility index (Phi) is 5.63. The van der Waals surface area contributed by atoms with Gasteiger partial charge in [-0.15, -0.1) is 0 Å². The number of hydrogen-bond donors (Lipinski definition) is 2. The summed E-state index contributed by atoms with van der Waals surface area (Å²) in [6.07, 6.45) is 0.638. The number of nitrogens with zero attached hydrogens (tertiary/aromatic N) is 4. The predicted molar refractivity (Wildman–Crippen MR) is 82.1 cm³/mol. The lowest BCUT2D eigenvalue weighted by atomic mass is 10.2. The van der Waals surface area contributed by atoms with Crippen molar-refractivity contribution in [2.45, 2.75) is 25.5 Å². The van der Waals surface area contributed by atoms with Crippen molar-refractivity contribution >= 4 is 5.96 Å². The normalized spacial score (nSPS) is 30.0. The van der Waals surface area contributed by atoms with Gasteiger partial charge in [0.2, 0.25) is 0 Å². The zero-order valence-corrected chi connectivity index (χ0v) is 13.0. The molecule has 2 aliphatic heterocycles. The van der Waals surface area contributed by atoms with Crippen LogP contribution in [0.2, 0.25) is 0 Å². The predicted octanol–water partition coefficient (Wildman–Crippen LogP) is -0.736. The van der Waals surface area contributed by atoms with E-state index in [-0.39, 0.29) is 6.10 Å². The number of rotatable bonds is 3. The largest absolute Gasteiger partial charge is 0.391 e. The van der Waals surface area contributed by atoms with Gasteiger partial charge in [-0.05, 0) is 27.4 Å². The van der Waals surface area contributed by atoms with Crippen LogP contribution in [0.4, 0.5) is 0 Å². The van der Waals surface area contributed by atoms with Gasteiger partial charge in [0.15, 0.2) is 5.96 Å². The summed E-state index contributed by atoms with van der Waals surface area (Å²) in [5.74, 6) is 0.950. The van der Waals surface area contributed by atoms with Gasteiger partial charge in [-0.2, -0.15) is 0 Å². The molecule has 2 N–H and O–H groups in total. The number of piperazine rings is 1. The second-order valence-electron chi connectivity index (χ2n) is 5.98. The summed E-state index contributed by atoms with van der Waals surface area (Å²) in [6.45, 7) is 8.68. The molecule has 2 saturated heterocycles. The number of nitrogens with one attached hydrogen (secondary N) is 1. The highest BCUT2D eigenvalue weighted by Gasteiger charge is 2.25. The summed E-state index contributed by atoms with van der Waals surface area (Å²) in [4.78, 5) is 11.7. The molecule has 0 saturated carbocycles. The van der Waals surface area contributed by atoms with Crippen LogP contribution in [0.15, 0.2) is 4.99 Å². The van der Waals surface area contributed by atoms with Gasteiger partial charge in [0, 0.05) is 45.3 Å². The van der Waals surface area contributed by atoms with E-state index in [0.29, 0.717) is 12.6 Å². The van der Waals surface area contributed by atoms with Crippen molar-refractivity contribution in [1.29, 1.82) is 0 Å².